The molecule has 1 unspecified atom stereocenters. The van der Waals surface area contributed by atoms with Crippen LogP contribution in [0.2, 0.25) is 0 Å². The molecule has 2 aromatic rings. The maximum absolute atomic E-state index is 13.1. The molecule has 0 spiro atoms. The van der Waals surface area contributed by atoms with Gasteiger partial charge in [0.1, 0.15) is 17.5 Å². The molecule has 0 aliphatic carbocycles. The van der Waals surface area contributed by atoms with E-state index in [1.807, 2.05) is 10.8 Å². The minimum absolute atomic E-state index is 0.357. The van der Waals surface area contributed by atoms with E-state index in [0.29, 0.717) is 12.0 Å². The van der Waals surface area contributed by atoms with E-state index in [0.717, 1.165) is 24.9 Å². The van der Waals surface area contributed by atoms with Gasteiger partial charge in [0, 0.05) is 25.0 Å². The molecule has 0 saturated heterocycles. The highest BCUT2D eigenvalue weighted by molar-refractivity contribution is 5.20. The molecule has 2 rings (SSSR count). The molecule has 0 aliphatic rings. The first kappa shape index (κ1) is 13.7. The average Bonchev–Trinajstić information content (AvgIpc) is 2.76. The molecule has 1 aromatic carbocycles. The minimum Gasteiger partial charge on any atom is -0.334 e. The summed E-state index contributed by atoms with van der Waals surface area (Å²) in [6, 6.07) is 3.09. The molecule has 0 amide bonds. The van der Waals surface area contributed by atoms with E-state index in [2.05, 4.69) is 11.9 Å². The van der Waals surface area contributed by atoms with Gasteiger partial charge >= 0.3 is 0 Å². The number of aryl methyl sites for hydroxylation is 1. The van der Waals surface area contributed by atoms with Gasteiger partial charge in [-0.05, 0) is 30.5 Å². The molecule has 5 heteroatoms. The van der Waals surface area contributed by atoms with Crippen molar-refractivity contribution in [2.24, 2.45) is 5.73 Å². The fourth-order valence-electron chi connectivity index (χ4n) is 2.15. The van der Waals surface area contributed by atoms with Crippen LogP contribution >= 0.6 is 0 Å². The summed E-state index contributed by atoms with van der Waals surface area (Å²) in [4.78, 5) is 4.23. The largest absolute Gasteiger partial charge is 0.334 e. The zero-order valence-corrected chi connectivity index (χ0v) is 10.8. The van der Waals surface area contributed by atoms with Crippen LogP contribution in [0.25, 0.3) is 0 Å². The molecule has 1 aromatic heterocycles. The van der Waals surface area contributed by atoms with E-state index in [1.54, 1.807) is 6.20 Å². The van der Waals surface area contributed by atoms with Crippen molar-refractivity contribution in [2.45, 2.75) is 32.4 Å². The summed E-state index contributed by atoms with van der Waals surface area (Å²) in [5, 5.41) is 0. The van der Waals surface area contributed by atoms with Gasteiger partial charge in [0.25, 0.3) is 0 Å². The predicted octanol–water partition coefficient (Wildman–Crippen LogP) is 2.81. The lowest BCUT2D eigenvalue weighted by molar-refractivity contribution is 0.559. The Balaban J connectivity index is 2.15. The third-order valence-electron chi connectivity index (χ3n) is 2.92. The summed E-state index contributed by atoms with van der Waals surface area (Å²) in [7, 11) is 0. The van der Waals surface area contributed by atoms with Crippen LogP contribution < -0.4 is 5.73 Å². The molecule has 0 fully saturated rings. The number of halogens is 2. The second-order valence-electron chi connectivity index (χ2n) is 4.57. The van der Waals surface area contributed by atoms with Crippen molar-refractivity contribution in [3.05, 3.63) is 53.6 Å². The summed E-state index contributed by atoms with van der Waals surface area (Å²) >= 11 is 0. The summed E-state index contributed by atoms with van der Waals surface area (Å²) in [5.74, 6) is -0.426. The Morgan fingerprint density at radius 2 is 1.95 bits per heavy atom. The maximum atomic E-state index is 13.1. The van der Waals surface area contributed by atoms with Crippen LogP contribution in [0.1, 0.15) is 30.8 Å². The van der Waals surface area contributed by atoms with Crippen LogP contribution in [-0.4, -0.2) is 9.55 Å². The van der Waals surface area contributed by atoms with Crippen LogP contribution in [0.5, 0.6) is 0 Å². The van der Waals surface area contributed by atoms with Gasteiger partial charge in [0.05, 0.1) is 6.04 Å². The zero-order chi connectivity index (χ0) is 13.8. The number of nitrogens with zero attached hydrogens (tertiary/aromatic N) is 2. The summed E-state index contributed by atoms with van der Waals surface area (Å²) in [6.45, 7) is 2.90. The number of rotatable bonds is 5. The maximum Gasteiger partial charge on any atom is 0.126 e. The van der Waals surface area contributed by atoms with Gasteiger partial charge < -0.3 is 10.3 Å². The third-order valence-corrected chi connectivity index (χ3v) is 2.92. The second kappa shape index (κ2) is 5.93. The Labute approximate surface area is 111 Å². The fraction of sp³-hybridized carbons (Fsp3) is 0.357. The van der Waals surface area contributed by atoms with E-state index in [9.17, 15) is 8.78 Å². The summed E-state index contributed by atoms with van der Waals surface area (Å²) in [6.07, 6.45) is 4.89. The number of hydrogen-bond acceptors (Lipinski definition) is 2. The molecule has 0 radical (unpaired) electrons. The zero-order valence-electron chi connectivity index (χ0n) is 10.8. The molecule has 3 nitrogen and oxygen atoms in total. The molecule has 102 valence electrons. The smallest absolute Gasteiger partial charge is 0.126 e. The number of benzene rings is 1. The molecular weight excluding hydrogens is 248 g/mol. The van der Waals surface area contributed by atoms with Crippen LogP contribution in [0.3, 0.4) is 0 Å². The second-order valence-corrected chi connectivity index (χ2v) is 4.57. The first-order valence-electron chi connectivity index (χ1n) is 6.31. The van der Waals surface area contributed by atoms with Crippen LogP contribution in [0.4, 0.5) is 8.78 Å². The minimum atomic E-state index is -0.584. The molecular formula is C14H17F2N3. The Morgan fingerprint density at radius 1 is 1.26 bits per heavy atom. The lowest BCUT2D eigenvalue weighted by Crippen LogP contribution is -2.19. The number of hydrogen-bond donors (Lipinski definition) is 1. The molecule has 0 saturated carbocycles. The Kier molecular flexibility index (Phi) is 4.27. The molecule has 19 heavy (non-hydrogen) atoms. The van der Waals surface area contributed by atoms with Crippen molar-refractivity contribution in [2.75, 3.05) is 0 Å². The van der Waals surface area contributed by atoms with Gasteiger partial charge in [-0.3, -0.25) is 0 Å². The molecule has 0 aliphatic heterocycles. The van der Waals surface area contributed by atoms with E-state index in [4.69, 9.17) is 5.73 Å². The topological polar surface area (TPSA) is 43.8 Å². The van der Waals surface area contributed by atoms with Gasteiger partial charge in [-0.25, -0.2) is 13.8 Å². The van der Waals surface area contributed by atoms with E-state index < -0.39 is 11.6 Å². The van der Waals surface area contributed by atoms with Crippen molar-refractivity contribution < 1.29 is 8.78 Å². The predicted molar refractivity (Wildman–Crippen MR) is 69.5 cm³/mol. The van der Waals surface area contributed by atoms with E-state index >= 15 is 0 Å². The van der Waals surface area contributed by atoms with Gasteiger partial charge in [-0.2, -0.15) is 0 Å². The highest BCUT2D eigenvalue weighted by atomic mass is 19.1. The highest BCUT2D eigenvalue weighted by Crippen LogP contribution is 2.17. The molecule has 1 atom stereocenters. The molecule has 0 bridgehead atoms. The SMILES string of the molecule is CCCn1ccnc1C(N)Cc1cc(F)cc(F)c1. The van der Waals surface area contributed by atoms with E-state index in [1.165, 1.54) is 12.1 Å². The number of aromatic nitrogens is 2. The number of nitrogens with two attached hydrogens (primary N) is 1. The van der Waals surface area contributed by atoms with Crippen molar-refractivity contribution in [1.82, 2.24) is 9.55 Å². The van der Waals surface area contributed by atoms with E-state index in [-0.39, 0.29) is 6.04 Å². The van der Waals surface area contributed by atoms with Crippen molar-refractivity contribution in [3.63, 3.8) is 0 Å². The lowest BCUT2D eigenvalue weighted by Gasteiger charge is -2.14. The Hall–Kier alpha value is -1.75. The van der Waals surface area contributed by atoms with Gasteiger partial charge in [0.15, 0.2) is 0 Å². The monoisotopic (exact) mass is 265 g/mol. The summed E-state index contributed by atoms with van der Waals surface area (Å²) in [5.41, 5.74) is 6.61. The third kappa shape index (κ3) is 3.38. The normalized spacial score (nSPS) is 12.6. The first-order chi connectivity index (χ1) is 9.10. The van der Waals surface area contributed by atoms with Gasteiger partial charge in [0.2, 0.25) is 0 Å². The summed E-state index contributed by atoms with van der Waals surface area (Å²) < 4.78 is 28.2. The van der Waals surface area contributed by atoms with Crippen LogP contribution in [-0.2, 0) is 13.0 Å². The van der Waals surface area contributed by atoms with Crippen LogP contribution in [0.15, 0.2) is 30.6 Å². The molecule has 2 N–H and O–H groups in total. The first-order valence-corrected chi connectivity index (χ1v) is 6.31. The van der Waals surface area contributed by atoms with Crippen LogP contribution in [0, 0.1) is 11.6 Å². The van der Waals surface area contributed by atoms with Crippen molar-refractivity contribution >= 4 is 0 Å². The fourth-order valence-corrected chi connectivity index (χ4v) is 2.15. The van der Waals surface area contributed by atoms with Gasteiger partial charge in [-0.1, -0.05) is 6.92 Å². The average molecular weight is 265 g/mol. The Bertz CT molecular complexity index is 531. The quantitative estimate of drug-likeness (QED) is 0.903. The standard InChI is InChI=1S/C14H17F2N3/c1-2-4-19-5-3-18-14(19)13(17)8-10-6-11(15)9-12(16)7-10/h3,5-7,9,13H,2,4,8,17H2,1H3. The lowest BCUT2D eigenvalue weighted by atomic mass is 10.1. The van der Waals surface area contributed by atoms with Crippen molar-refractivity contribution in [1.29, 1.82) is 0 Å². The van der Waals surface area contributed by atoms with Gasteiger partial charge in [-0.15, -0.1) is 0 Å². The van der Waals surface area contributed by atoms with Crippen molar-refractivity contribution in [3.8, 4) is 0 Å². The Morgan fingerprint density at radius 3 is 2.58 bits per heavy atom. The highest BCUT2D eigenvalue weighted by Gasteiger charge is 2.14. The number of imidazole rings is 1. The molecule has 1 heterocycles.